The van der Waals surface area contributed by atoms with Gasteiger partial charge in [0.1, 0.15) is 23.8 Å². The number of fused-ring (bicyclic) bond motifs is 3. The largest absolute Gasteiger partial charge is 0.394 e. The molecule has 0 saturated carbocycles. The van der Waals surface area contributed by atoms with Crippen LogP contribution in [0.1, 0.15) is 39.2 Å². The van der Waals surface area contributed by atoms with Crippen molar-refractivity contribution in [2.45, 2.75) is 70.1 Å². The molecular weight excluding hydrogens is 596 g/mol. The van der Waals surface area contributed by atoms with Gasteiger partial charge >= 0.3 is 0 Å². The van der Waals surface area contributed by atoms with Gasteiger partial charge in [-0.15, -0.1) is 5.10 Å². The summed E-state index contributed by atoms with van der Waals surface area (Å²) in [6, 6.07) is 15.6. The van der Waals surface area contributed by atoms with Crippen LogP contribution in [0.4, 0.5) is 0 Å². The number of likely N-dealkylation sites (tertiary alicyclic amines) is 1. The van der Waals surface area contributed by atoms with Gasteiger partial charge in [-0.25, -0.2) is 4.68 Å². The highest BCUT2D eigenvalue weighted by Gasteiger charge is 2.76. The van der Waals surface area contributed by atoms with Gasteiger partial charge in [0.05, 0.1) is 35.6 Å². The molecule has 47 heavy (non-hydrogen) atoms. The van der Waals surface area contributed by atoms with Crippen LogP contribution >= 0.6 is 0 Å². The Hall–Kier alpha value is -4.35. The molecule has 7 rings (SSSR count). The van der Waals surface area contributed by atoms with Gasteiger partial charge in [-0.2, -0.15) is 0 Å². The molecule has 3 amide bonds. The monoisotopic (exact) mass is 638 g/mol. The molecule has 2 aromatic carbocycles. The van der Waals surface area contributed by atoms with Gasteiger partial charge in [-0.05, 0) is 36.5 Å². The number of rotatable bonds is 9. The number of aromatic nitrogens is 3. The molecule has 246 valence electrons. The van der Waals surface area contributed by atoms with E-state index in [2.05, 4.69) is 10.3 Å². The maximum atomic E-state index is 14.9. The number of ether oxygens (including phenoxy) is 1. The lowest BCUT2D eigenvalue weighted by Crippen LogP contribution is -2.59. The highest BCUT2D eigenvalue weighted by molar-refractivity contribution is 6.00. The van der Waals surface area contributed by atoms with Crippen molar-refractivity contribution in [1.82, 2.24) is 29.7 Å². The Kier molecular flexibility index (Phi) is 8.00. The maximum Gasteiger partial charge on any atom is 0.250 e. The summed E-state index contributed by atoms with van der Waals surface area (Å²) in [5, 5.41) is 19.3. The molecule has 2 saturated heterocycles. The molecule has 0 bridgehead atoms. The molecule has 1 spiro atoms. The molecule has 4 aliphatic heterocycles. The van der Waals surface area contributed by atoms with Crippen LogP contribution in [-0.4, -0.2) is 95.5 Å². The highest BCUT2D eigenvalue weighted by atomic mass is 16.5. The highest BCUT2D eigenvalue weighted by Crippen LogP contribution is 2.59. The molecule has 0 aliphatic carbocycles. The van der Waals surface area contributed by atoms with Crippen molar-refractivity contribution in [3.05, 3.63) is 84.5 Å². The molecule has 4 aliphatic rings. The van der Waals surface area contributed by atoms with E-state index in [0.717, 1.165) is 11.1 Å². The van der Waals surface area contributed by atoms with Crippen LogP contribution in [0.3, 0.4) is 0 Å². The first kappa shape index (κ1) is 31.3. The van der Waals surface area contributed by atoms with Crippen molar-refractivity contribution in [2.75, 3.05) is 19.7 Å². The van der Waals surface area contributed by atoms with E-state index in [0.29, 0.717) is 31.4 Å². The van der Waals surface area contributed by atoms with Crippen LogP contribution in [0.15, 0.2) is 78.9 Å². The molecule has 0 radical (unpaired) electrons. The Labute approximate surface area is 274 Å². The van der Waals surface area contributed by atoms with E-state index >= 15 is 0 Å². The van der Waals surface area contributed by atoms with Crippen molar-refractivity contribution in [3.63, 3.8) is 0 Å². The Bertz CT molecular complexity index is 1740. The second-order valence-corrected chi connectivity index (χ2v) is 13.6. The number of amides is 3. The fourth-order valence-corrected chi connectivity index (χ4v) is 8.27. The van der Waals surface area contributed by atoms with Gasteiger partial charge in [0.2, 0.25) is 11.8 Å². The summed E-state index contributed by atoms with van der Waals surface area (Å²) in [7, 11) is 0. The first-order valence-corrected chi connectivity index (χ1v) is 16.6. The lowest BCUT2D eigenvalue weighted by molar-refractivity contribution is -0.158. The lowest BCUT2D eigenvalue weighted by Gasteiger charge is -2.41. The Morgan fingerprint density at radius 3 is 2.38 bits per heavy atom. The number of para-hydroxylation sites is 1. The molecule has 1 unspecified atom stereocenters. The predicted octanol–water partition coefficient (Wildman–Crippen LogP) is 3.15. The van der Waals surface area contributed by atoms with Gasteiger partial charge in [0.25, 0.3) is 5.91 Å². The van der Waals surface area contributed by atoms with E-state index in [1.54, 1.807) is 19.4 Å². The van der Waals surface area contributed by atoms with Gasteiger partial charge in [-0.1, -0.05) is 92.8 Å². The normalized spacial score (nSPS) is 29.3. The molecule has 11 heteroatoms. The number of carbonyl (C=O) groups is 3. The molecule has 5 heterocycles. The summed E-state index contributed by atoms with van der Waals surface area (Å²) in [5.74, 6) is -2.47. The predicted molar refractivity (Wildman–Crippen MR) is 174 cm³/mol. The minimum atomic E-state index is -1.41. The second kappa shape index (κ2) is 12.0. The van der Waals surface area contributed by atoms with E-state index in [9.17, 15) is 19.5 Å². The van der Waals surface area contributed by atoms with Crippen molar-refractivity contribution >= 4 is 28.8 Å². The fraction of sp³-hybridized carbons (Fsp3) is 0.472. The second-order valence-electron chi connectivity index (χ2n) is 13.6. The van der Waals surface area contributed by atoms with Crippen LogP contribution in [0, 0.1) is 17.8 Å². The van der Waals surface area contributed by atoms with E-state index in [1.807, 2.05) is 99.7 Å². The maximum absolute atomic E-state index is 14.9. The summed E-state index contributed by atoms with van der Waals surface area (Å²) < 4.78 is 8.80. The van der Waals surface area contributed by atoms with Crippen molar-refractivity contribution < 1.29 is 24.2 Å². The number of nitrogens with zero attached hydrogens (tertiary/aromatic N) is 6. The topological polar surface area (TPSA) is 121 Å². The molecule has 3 aromatic rings. The summed E-state index contributed by atoms with van der Waals surface area (Å²) in [4.78, 5) is 49.5. The Morgan fingerprint density at radius 2 is 1.64 bits per heavy atom. The summed E-state index contributed by atoms with van der Waals surface area (Å²) in [6.45, 7) is 6.85. The lowest BCUT2D eigenvalue weighted by atomic mass is 9.73. The number of aliphatic hydroxyl groups is 1. The van der Waals surface area contributed by atoms with Crippen molar-refractivity contribution in [2.24, 2.45) is 17.8 Å². The number of aliphatic hydroxyl groups excluding tert-OH is 1. The van der Waals surface area contributed by atoms with Crippen LogP contribution in [-0.2, 0) is 32.3 Å². The number of benzene rings is 2. The van der Waals surface area contributed by atoms with E-state index in [4.69, 9.17) is 4.74 Å². The Morgan fingerprint density at radius 1 is 0.915 bits per heavy atom. The Balaban J connectivity index is 1.32. The first-order chi connectivity index (χ1) is 22.7. The zero-order chi connectivity index (χ0) is 32.9. The quantitative estimate of drug-likeness (QED) is 0.358. The van der Waals surface area contributed by atoms with Gasteiger partial charge in [0.15, 0.2) is 0 Å². The average Bonchev–Trinajstić information content (AvgIpc) is 3.62. The SMILES string of the molecule is CC[C@@]12C=CCN(Cc3ccccc3)C(=O)[C@@H]1[C@H]1C(=O)N([C@@H](CO)CC(C)C)C3C(=O)N(Cn4nnc5ccccc54)CC=C[C@@]31O2. The van der Waals surface area contributed by atoms with Crippen LogP contribution in [0.25, 0.3) is 11.0 Å². The van der Waals surface area contributed by atoms with Crippen molar-refractivity contribution in [1.29, 1.82) is 0 Å². The third-order valence-corrected chi connectivity index (χ3v) is 10.3. The summed E-state index contributed by atoms with van der Waals surface area (Å²) >= 11 is 0. The zero-order valence-electron chi connectivity index (χ0n) is 27.1. The molecule has 11 nitrogen and oxygen atoms in total. The minimum absolute atomic E-state index is 0.114. The molecule has 1 N–H and O–H groups in total. The average molecular weight is 639 g/mol. The number of hydrogen-bond acceptors (Lipinski definition) is 7. The summed E-state index contributed by atoms with van der Waals surface area (Å²) in [5.41, 5.74) is -0.00338. The first-order valence-electron chi connectivity index (χ1n) is 16.6. The summed E-state index contributed by atoms with van der Waals surface area (Å²) in [6.07, 6.45) is 8.58. The molecule has 2 fully saturated rings. The smallest absolute Gasteiger partial charge is 0.250 e. The molecule has 6 atom stereocenters. The minimum Gasteiger partial charge on any atom is -0.394 e. The molecular formula is C36H42N6O5. The van der Waals surface area contributed by atoms with Gasteiger partial charge < -0.3 is 24.5 Å². The van der Waals surface area contributed by atoms with E-state index < -0.39 is 35.1 Å². The van der Waals surface area contributed by atoms with Gasteiger partial charge in [0, 0.05) is 19.6 Å². The number of hydrogen-bond donors (Lipinski definition) is 1. The molecule has 1 aromatic heterocycles. The van der Waals surface area contributed by atoms with Crippen LogP contribution in [0.2, 0.25) is 0 Å². The zero-order valence-corrected chi connectivity index (χ0v) is 27.1. The number of carbonyl (C=O) groups excluding carboxylic acids is 3. The standard InChI is InChI=1S/C36H42N6O5/c1-4-35-16-10-18-39(21-25-12-6-5-7-13-25)32(44)29(35)30-33(45)42(26(22-43)20-24(2)3)31-34(46)40(19-11-17-36(30,31)47-35)23-41-28-15-9-8-14-27(28)37-38-41/h5-17,24,26,29-31,43H,4,18-23H2,1-3H3/t26-,29+,30+,31?,35-,36+/m1/s1. The van der Waals surface area contributed by atoms with Crippen molar-refractivity contribution in [3.8, 4) is 0 Å². The third-order valence-electron chi connectivity index (χ3n) is 10.3. The van der Waals surface area contributed by atoms with Crippen LogP contribution < -0.4 is 0 Å². The fourth-order valence-electron chi connectivity index (χ4n) is 8.27. The van der Waals surface area contributed by atoms with Crippen LogP contribution in [0.5, 0.6) is 0 Å². The van der Waals surface area contributed by atoms with E-state index in [1.165, 1.54) is 0 Å². The third kappa shape index (κ3) is 4.98. The van der Waals surface area contributed by atoms with Gasteiger partial charge in [-0.3, -0.25) is 14.4 Å². The van der Waals surface area contributed by atoms with E-state index in [-0.39, 0.29) is 43.5 Å².